The van der Waals surface area contributed by atoms with Gasteiger partial charge in [-0.05, 0) is 27.1 Å². The van der Waals surface area contributed by atoms with Crippen LogP contribution in [0.15, 0.2) is 40.5 Å². The van der Waals surface area contributed by atoms with Crippen LogP contribution in [0.1, 0.15) is 22.7 Å². The minimum absolute atomic E-state index is 0.0339. The second-order valence-corrected chi connectivity index (χ2v) is 7.71. The first-order valence-corrected chi connectivity index (χ1v) is 10.1. The van der Waals surface area contributed by atoms with Crippen molar-refractivity contribution in [2.24, 2.45) is 5.73 Å². The number of carbonyl (C=O) groups excluding carboxylic acids is 1. The van der Waals surface area contributed by atoms with E-state index in [4.69, 9.17) is 24.7 Å². The van der Waals surface area contributed by atoms with Crippen LogP contribution in [0.5, 0.6) is 17.2 Å². The maximum absolute atomic E-state index is 13.7. The smallest absolute Gasteiger partial charge is 0.340 e. The molecule has 0 saturated heterocycles. The molecule has 2 aromatic rings. The van der Waals surface area contributed by atoms with Crippen LogP contribution in [-0.4, -0.2) is 57.4 Å². The Bertz CT molecular complexity index is 1120. The number of aromatic nitrogens is 1. The van der Waals surface area contributed by atoms with Gasteiger partial charge in [0.15, 0.2) is 11.5 Å². The number of esters is 1. The Balaban J connectivity index is 2.35. The molecule has 1 atom stereocenters. The normalized spacial score (nSPS) is 15.3. The predicted molar refractivity (Wildman–Crippen MR) is 119 cm³/mol. The van der Waals surface area contributed by atoms with Crippen LogP contribution in [0.3, 0.4) is 0 Å². The summed E-state index contributed by atoms with van der Waals surface area (Å²) in [5.41, 5.74) is 7.48. The van der Waals surface area contributed by atoms with Gasteiger partial charge in [0, 0.05) is 30.4 Å². The standard InChI is InChI=1S/C23H29N3O6/c1-13-12-16-18(22(27)26(13)11-10-25(2)3)17(19(21(24)32-16)23(28)31-6)14-8-7-9-15(29-4)20(14)30-5/h7-9,12,17H,10-11,24H2,1-6H3. The first-order chi connectivity index (χ1) is 15.2. The van der Waals surface area contributed by atoms with Gasteiger partial charge in [0.05, 0.1) is 32.8 Å². The van der Waals surface area contributed by atoms with E-state index in [1.807, 2.05) is 25.9 Å². The van der Waals surface area contributed by atoms with Gasteiger partial charge in [0.1, 0.15) is 11.3 Å². The molecule has 1 unspecified atom stereocenters. The fraction of sp³-hybridized carbons (Fsp3) is 0.391. The maximum atomic E-state index is 13.7. The maximum Gasteiger partial charge on any atom is 0.340 e. The topological polar surface area (TPSA) is 105 Å². The van der Waals surface area contributed by atoms with Crippen LogP contribution in [-0.2, 0) is 16.1 Å². The number of hydrogen-bond donors (Lipinski definition) is 1. The van der Waals surface area contributed by atoms with E-state index < -0.39 is 11.9 Å². The molecule has 0 aliphatic carbocycles. The van der Waals surface area contributed by atoms with Crippen molar-refractivity contribution < 1.29 is 23.7 Å². The number of nitrogens with zero attached hydrogens (tertiary/aromatic N) is 2. The lowest BCUT2D eigenvalue weighted by Gasteiger charge is -2.30. The third kappa shape index (κ3) is 4.03. The fourth-order valence-corrected chi connectivity index (χ4v) is 3.92. The van der Waals surface area contributed by atoms with Crippen molar-refractivity contribution >= 4 is 5.97 Å². The van der Waals surface area contributed by atoms with Crippen molar-refractivity contribution in [2.45, 2.75) is 19.4 Å². The van der Waals surface area contributed by atoms with Crippen LogP contribution in [0.25, 0.3) is 0 Å². The van der Waals surface area contributed by atoms with Crippen LogP contribution in [0.2, 0.25) is 0 Å². The van der Waals surface area contributed by atoms with Crippen LogP contribution >= 0.6 is 0 Å². The number of benzene rings is 1. The quantitative estimate of drug-likeness (QED) is 0.644. The average molecular weight is 444 g/mol. The molecule has 9 nitrogen and oxygen atoms in total. The highest BCUT2D eigenvalue weighted by Crippen LogP contribution is 2.46. The summed E-state index contributed by atoms with van der Waals surface area (Å²) < 4.78 is 23.4. The molecular weight excluding hydrogens is 414 g/mol. The highest BCUT2D eigenvalue weighted by molar-refractivity contribution is 5.93. The van der Waals surface area contributed by atoms with Crippen molar-refractivity contribution in [3.05, 3.63) is 62.9 Å². The largest absolute Gasteiger partial charge is 0.493 e. The molecule has 3 rings (SSSR count). The predicted octanol–water partition coefficient (Wildman–Crippen LogP) is 1.60. The number of ether oxygens (including phenoxy) is 4. The lowest BCUT2D eigenvalue weighted by molar-refractivity contribution is -0.136. The summed E-state index contributed by atoms with van der Waals surface area (Å²) in [5.74, 6) is -0.529. The second kappa shape index (κ2) is 9.35. The van der Waals surface area contributed by atoms with Gasteiger partial charge in [0.2, 0.25) is 5.88 Å². The van der Waals surface area contributed by atoms with Crippen LogP contribution in [0, 0.1) is 6.92 Å². The zero-order valence-electron chi connectivity index (χ0n) is 19.2. The Labute approximate surface area is 186 Å². The Hall–Kier alpha value is -3.46. The molecule has 1 aromatic carbocycles. The summed E-state index contributed by atoms with van der Waals surface area (Å²) in [6.07, 6.45) is 0. The molecule has 0 bridgehead atoms. The molecule has 0 spiro atoms. The van der Waals surface area contributed by atoms with Crippen molar-refractivity contribution in [2.75, 3.05) is 42.0 Å². The molecule has 2 N–H and O–H groups in total. The van der Waals surface area contributed by atoms with Crippen molar-refractivity contribution in [3.63, 3.8) is 0 Å². The zero-order valence-corrected chi connectivity index (χ0v) is 19.2. The third-order valence-corrected chi connectivity index (χ3v) is 5.49. The number of para-hydroxylation sites is 1. The molecule has 0 radical (unpaired) electrons. The van der Waals surface area contributed by atoms with Gasteiger partial charge in [0.25, 0.3) is 5.56 Å². The van der Waals surface area contributed by atoms with Crippen molar-refractivity contribution in [3.8, 4) is 17.2 Å². The molecule has 0 amide bonds. The third-order valence-electron chi connectivity index (χ3n) is 5.49. The van der Waals surface area contributed by atoms with E-state index in [-0.39, 0.29) is 22.6 Å². The lowest BCUT2D eigenvalue weighted by atomic mass is 9.82. The fourth-order valence-electron chi connectivity index (χ4n) is 3.92. The Morgan fingerprint density at radius 3 is 2.53 bits per heavy atom. The highest BCUT2D eigenvalue weighted by atomic mass is 16.5. The highest BCUT2D eigenvalue weighted by Gasteiger charge is 2.40. The lowest BCUT2D eigenvalue weighted by Crippen LogP contribution is -2.36. The van der Waals surface area contributed by atoms with E-state index in [2.05, 4.69) is 0 Å². The van der Waals surface area contributed by atoms with Gasteiger partial charge in [-0.15, -0.1) is 0 Å². The Morgan fingerprint density at radius 1 is 1.22 bits per heavy atom. The molecule has 172 valence electrons. The molecule has 0 saturated carbocycles. The minimum Gasteiger partial charge on any atom is -0.493 e. The van der Waals surface area contributed by atoms with Crippen molar-refractivity contribution in [1.82, 2.24) is 9.47 Å². The first kappa shape index (κ1) is 23.2. The Morgan fingerprint density at radius 2 is 1.94 bits per heavy atom. The van der Waals surface area contributed by atoms with Gasteiger partial charge in [-0.1, -0.05) is 12.1 Å². The summed E-state index contributed by atoms with van der Waals surface area (Å²) >= 11 is 0. The first-order valence-electron chi connectivity index (χ1n) is 10.1. The number of hydrogen-bond acceptors (Lipinski definition) is 8. The molecule has 9 heteroatoms. The van der Waals surface area contributed by atoms with Gasteiger partial charge < -0.3 is 34.1 Å². The SMILES string of the molecule is COC(=O)C1=C(N)Oc2cc(C)n(CCN(C)C)c(=O)c2C1c1cccc(OC)c1OC. The number of aryl methyl sites for hydroxylation is 1. The summed E-state index contributed by atoms with van der Waals surface area (Å²) in [4.78, 5) is 28.5. The number of methoxy groups -OCH3 is 3. The summed E-state index contributed by atoms with van der Waals surface area (Å²) in [7, 11) is 8.14. The summed E-state index contributed by atoms with van der Waals surface area (Å²) in [6.45, 7) is 2.96. The second-order valence-electron chi connectivity index (χ2n) is 7.71. The van der Waals surface area contributed by atoms with Gasteiger partial charge in [-0.3, -0.25) is 4.79 Å². The molecular formula is C23H29N3O6. The number of pyridine rings is 1. The molecule has 0 fully saturated rings. The average Bonchev–Trinajstić information content (AvgIpc) is 2.76. The minimum atomic E-state index is -0.866. The number of nitrogens with two attached hydrogens (primary N) is 1. The number of rotatable bonds is 7. The zero-order chi connectivity index (χ0) is 23.6. The summed E-state index contributed by atoms with van der Waals surface area (Å²) in [6, 6.07) is 7.02. The molecule has 1 aliphatic heterocycles. The monoisotopic (exact) mass is 443 g/mol. The van der Waals surface area contributed by atoms with E-state index in [0.29, 0.717) is 35.9 Å². The van der Waals surface area contributed by atoms with Gasteiger partial charge in [-0.25, -0.2) is 4.79 Å². The molecule has 1 aromatic heterocycles. The van der Waals surface area contributed by atoms with Gasteiger partial charge >= 0.3 is 5.97 Å². The van der Waals surface area contributed by atoms with Gasteiger partial charge in [-0.2, -0.15) is 0 Å². The molecule has 32 heavy (non-hydrogen) atoms. The number of fused-ring (bicyclic) bond motifs is 1. The number of likely N-dealkylation sites (N-methyl/N-ethyl adjacent to an activating group) is 1. The molecule has 2 heterocycles. The van der Waals surface area contributed by atoms with E-state index >= 15 is 0 Å². The summed E-state index contributed by atoms with van der Waals surface area (Å²) in [5, 5.41) is 0. The van der Waals surface area contributed by atoms with E-state index in [1.165, 1.54) is 21.3 Å². The van der Waals surface area contributed by atoms with E-state index in [9.17, 15) is 9.59 Å². The van der Waals surface area contributed by atoms with Crippen molar-refractivity contribution in [1.29, 1.82) is 0 Å². The van der Waals surface area contributed by atoms with Crippen LogP contribution < -0.4 is 25.5 Å². The van der Waals surface area contributed by atoms with E-state index in [1.54, 1.807) is 28.8 Å². The molecule has 1 aliphatic rings. The van der Waals surface area contributed by atoms with Crippen LogP contribution in [0.4, 0.5) is 0 Å². The van der Waals surface area contributed by atoms with E-state index in [0.717, 1.165) is 5.69 Å². The Kier molecular flexibility index (Phi) is 6.78. The number of carbonyl (C=O) groups is 1.